The van der Waals surface area contributed by atoms with Gasteiger partial charge in [-0.3, -0.25) is 9.59 Å². The number of ether oxygens (including phenoxy) is 1. The van der Waals surface area contributed by atoms with Gasteiger partial charge in [0.1, 0.15) is 25.9 Å². The molecule has 0 saturated heterocycles. The van der Waals surface area contributed by atoms with Crippen LogP contribution in [0.5, 0.6) is 0 Å². The lowest BCUT2D eigenvalue weighted by atomic mass is 9.92. The van der Waals surface area contributed by atoms with Gasteiger partial charge in [0.15, 0.2) is 0 Å². The maximum absolute atomic E-state index is 11.5. The molecule has 0 rings (SSSR count). The Morgan fingerprint density at radius 3 is 2.00 bits per heavy atom. The van der Waals surface area contributed by atoms with Gasteiger partial charge in [0.25, 0.3) is 10.2 Å². The summed E-state index contributed by atoms with van der Waals surface area (Å²) in [7, 11) is 0. The number of aliphatic hydroxyl groups excluding tert-OH is 1. The monoisotopic (exact) mass is 355 g/mol. The van der Waals surface area contributed by atoms with Crippen LogP contribution in [-0.4, -0.2) is 64.8 Å². The Balaban J connectivity index is 4.66. The topological polar surface area (TPSA) is 215 Å². The van der Waals surface area contributed by atoms with Crippen LogP contribution in [0.25, 0.3) is 0 Å². The second kappa shape index (κ2) is 10.1. The SMILES string of the molecule is N[C@@H](CCC(=O)OCC(CO)(CO[N+](=O)[O-])CO[N+](=O)[O-])C(=O)O. The van der Waals surface area contributed by atoms with Gasteiger partial charge < -0.3 is 30.4 Å². The van der Waals surface area contributed by atoms with Gasteiger partial charge in [0, 0.05) is 6.42 Å². The van der Waals surface area contributed by atoms with Crippen LogP contribution >= 0.6 is 0 Å². The minimum absolute atomic E-state index is 0.225. The first-order valence-corrected chi connectivity index (χ1v) is 6.41. The Kier molecular flexibility index (Phi) is 8.96. The highest BCUT2D eigenvalue weighted by atomic mass is 17.0. The van der Waals surface area contributed by atoms with Crippen LogP contribution in [0.4, 0.5) is 0 Å². The Morgan fingerprint density at radius 2 is 1.62 bits per heavy atom. The van der Waals surface area contributed by atoms with E-state index in [1.54, 1.807) is 0 Å². The van der Waals surface area contributed by atoms with Crippen molar-refractivity contribution in [3.8, 4) is 0 Å². The van der Waals surface area contributed by atoms with E-state index >= 15 is 0 Å². The van der Waals surface area contributed by atoms with E-state index in [4.69, 9.17) is 15.6 Å². The smallest absolute Gasteiger partial charge is 0.320 e. The molecule has 0 fully saturated rings. The Bertz CT molecular complexity index is 451. The van der Waals surface area contributed by atoms with E-state index in [0.717, 1.165) is 0 Å². The number of carboxylic acids is 1. The minimum atomic E-state index is -1.75. The van der Waals surface area contributed by atoms with E-state index in [-0.39, 0.29) is 12.8 Å². The predicted octanol–water partition coefficient (Wildman–Crippen LogP) is -1.88. The second-order valence-electron chi connectivity index (χ2n) is 4.80. The van der Waals surface area contributed by atoms with Crippen LogP contribution in [0.3, 0.4) is 0 Å². The summed E-state index contributed by atoms with van der Waals surface area (Å²) in [5.74, 6) is -2.22. The number of nitrogens with two attached hydrogens (primary N) is 1. The van der Waals surface area contributed by atoms with Crippen LogP contribution < -0.4 is 5.73 Å². The molecule has 0 amide bonds. The fourth-order valence-corrected chi connectivity index (χ4v) is 1.34. The van der Waals surface area contributed by atoms with E-state index in [1.807, 2.05) is 0 Å². The Hall–Kier alpha value is -2.74. The Labute approximate surface area is 134 Å². The summed E-state index contributed by atoms with van der Waals surface area (Å²) in [5.41, 5.74) is 3.45. The summed E-state index contributed by atoms with van der Waals surface area (Å²) in [6.07, 6.45) is -0.599. The molecule has 14 heteroatoms. The molecule has 0 bridgehead atoms. The van der Waals surface area contributed by atoms with Gasteiger partial charge in [-0.2, -0.15) is 0 Å². The van der Waals surface area contributed by atoms with E-state index in [0.29, 0.717) is 0 Å². The van der Waals surface area contributed by atoms with Crippen molar-refractivity contribution < 1.29 is 44.4 Å². The van der Waals surface area contributed by atoms with Crippen molar-refractivity contribution >= 4 is 11.9 Å². The first kappa shape index (κ1) is 21.3. The lowest BCUT2D eigenvalue weighted by molar-refractivity contribution is -0.772. The van der Waals surface area contributed by atoms with Crippen molar-refractivity contribution in [1.82, 2.24) is 0 Å². The molecule has 0 heterocycles. The average Bonchev–Trinajstić information content (AvgIpc) is 2.51. The van der Waals surface area contributed by atoms with E-state index in [1.165, 1.54) is 0 Å². The molecule has 0 aliphatic heterocycles. The fourth-order valence-electron chi connectivity index (χ4n) is 1.34. The van der Waals surface area contributed by atoms with E-state index < -0.39 is 60.0 Å². The third kappa shape index (κ3) is 8.64. The first-order valence-electron chi connectivity index (χ1n) is 6.41. The van der Waals surface area contributed by atoms with E-state index in [9.17, 15) is 34.9 Å². The normalized spacial score (nSPS) is 12.1. The lowest BCUT2D eigenvalue weighted by Gasteiger charge is -2.28. The number of rotatable bonds is 13. The fraction of sp³-hybridized carbons (Fsp3) is 0.800. The molecule has 4 N–H and O–H groups in total. The van der Waals surface area contributed by atoms with Crippen LogP contribution in [-0.2, 0) is 24.0 Å². The summed E-state index contributed by atoms with van der Waals surface area (Å²) >= 11 is 0. The van der Waals surface area contributed by atoms with Crippen molar-refractivity contribution in [2.24, 2.45) is 11.1 Å². The molecule has 0 aromatic carbocycles. The molecule has 0 aliphatic rings. The average molecular weight is 355 g/mol. The third-order valence-electron chi connectivity index (χ3n) is 2.80. The summed E-state index contributed by atoms with van der Waals surface area (Å²) in [6, 6.07) is -1.28. The zero-order valence-electron chi connectivity index (χ0n) is 12.4. The van der Waals surface area contributed by atoms with Crippen molar-refractivity contribution in [3.63, 3.8) is 0 Å². The highest BCUT2D eigenvalue weighted by molar-refractivity contribution is 5.75. The molecule has 1 atom stereocenters. The van der Waals surface area contributed by atoms with Gasteiger partial charge >= 0.3 is 11.9 Å². The zero-order valence-corrected chi connectivity index (χ0v) is 12.4. The molecule has 138 valence electrons. The van der Waals surface area contributed by atoms with E-state index in [2.05, 4.69) is 9.68 Å². The van der Waals surface area contributed by atoms with Crippen LogP contribution in [0.15, 0.2) is 0 Å². The van der Waals surface area contributed by atoms with Gasteiger partial charge in [-0.1, -0.05) is 0 Å². The zero-order chi connectivity index (χ0) is 18.8. The number of carboxylic acid groups (broad SMARTS) is 1. The molecular formula is C10H17N3O11. The van der Waals surface area contributed by atoms with Gasteiger partial charge in [-0.25, -0.2) is 0 Å². The molecular weight excluding hydrogens is 338 g/mol. The maximum atomic E-state index is 11.5. The number of esters is 1. The van der Waals surface area contributed by atoms with Crippen molar-refractivity contribution in [2.45, 2.75) is 18.9 Å². The van der Waals surface area contributed by atoms with Crippen LogP contribution in [0, 0.1) is 25.6 Å². The van der Waals surface area contributed by atoms with Gasteiger partial charge in [-0.05, 0) is 6.42 Å². The molecule has 14 nitrogen and oxygen atoms in total. The standard InChI is InChI=1S/C10H17N3O11/c11-7(9(16)17)1-2-8(15)22-4-10(3-14,5-23-12(18)19)6-24-13(20)21/h7,14H,1-6,11H2,(H,16,17)/t7-/m0/s1. The number of aliphatic carboxylic acids is 1. The van der Waals surface area contributed by atoms with Crippen molar-refractivity contribution in [3.05, 3.63) is 20.2 Å². The molecule has 0 saturated carbocycles. The first-order chi connectivity index (χ1) is 11.1. The highest BCUT2D eigenvalue weighted by Gasteiger charge is 2.35. The van der Waals surface area contributed by atoms with Crippen molar-refractivity contribution in [2.75, 3.05) is 26.4 Å². The van der Waals surface area contributed by atoms with Gasteiger partial charge in [0.05, 0.1) is 12.0 Å². The number of aliphatic hydroxyl groups is 1. The molecule has 0 spiro atoms. The number of nitrogens with zero attached hydrogens (tertiary/aromatic N) is 2. The number of carbonyl (C=O) groups is 2. The molecule has 0 aromatic heterocycles. The minimum Gasteiger partial charge on any atom is -0.480 e. The number of carbonyl (C=O) groups excluding carboxylic acids is 1. The number of hydrogen-bond donors (Lipinski definition) is 3. The van der Waals surface area contributed by atoms with Gasteiger partial charge in [0.2, 0.25) is 0 Å². The Morgan fingerprint density at radius 1 is 1.12 bits per heavy atom. The van der Waals surface area contributed by atoms with Crippen LogP contribution in [0.2, 0.25) is 0 Å². The molecule has 0 unspecified atom stereocenters. The molecule has 24 heavy (non-hydrogen) atoms. The highest BCUT2D eigenvalue weighted by Crippen LogP contribution is 2.19. The molecule has 0 aromatic rings. The number of hydrogen-bond acceptors (Lipinski definition) is 11. The summed E-state index contributed by atoms with van der Waals surface area (Å²) < 4.78 is 4.74. The summed E-state index contributed by atoms with van der Waals surface area (Å²) in [4.78, 5) is 50.6. The second-order valence-corrected chi connectivity index (χ2v) is 4.80. The lowest BCUT2D eigenvalue weighted by Crippen LogP contribution is -2.42. The predicted molar refractivity (Wildman–Crippen MR) is 71.2 cm³/mol. The van der Waals surface area contributed by atoms with Crippen LogP contribution in [0.1, 0.15) is 12.8 Å². The summed E-state index contributed by atoms with van der Waals surface area (Å²) in [5, 5.41) is 36.0. The molecule has 0 aliphatic carbocycles. The molecule has 0 radical (unpaired) electrons. The third-order valence-corrected chi connectivity index (χ3v) is 2.80. The van der Waals surface area contributed by atoms with Crippen molar-refractivity contribution in [1.29, 1.82) is 0 Å². The quantitative estimate of drug-likeness (QED) is 0.188. The van der Waals surface area contributed by atoms with Gasteiger partial charge in [-0.15, -0.1) is 20.2 Å². The summed E-state index contributed by atoms with van der Waals surface area (Å²) in [6.45, 7) is -3.22. The largest absolute Gasteiger partial charge is 0.480 e. The maximum Gasteiger partial charge on any atom is 0.320 e.